The molecular formula is C8H12N2O4. The number of ether oxygens (including phenoxy) is 1. The van der Waals surface area contributed by atoms with Gasteiger partial charge in [-0.25, -0.2) is 9.86 Å². The summed E-state index contributed by atoms with van der Waals surface area (Å²) in [5.74, 6) is 0. The second-order valence-electron chi connectivity index (χ2n) is 2.65. The lowest BCUT2D eigenvalue weighted by molar-refractivity contribution is -0.0580. The van der Waals surface area contributed by atoms with Gasteiger partial charge in [0.15, 0.2) is 0 Å². The van der Waals surface area contributed by atoms with Gasteiger partial charge in [0.1, 0.15) is 0 Å². The van der Waals surface area contributed by atoms with E-state index in [4.69, 9.17) is 20.1 Å². The van der Waals surface area contributed by atoms with Crippen LogP contribution in [0, 0.1) is 0 Å². The number of rotatable bonds is 5. The average Bonchev–Trinajstić information content (AvgIpc) is 2.64. The summed E-state index contributed by atoms with van der Waals surface area (Å²) in [6, 6.07) is 0.877. The Morgan fingerprint density at radius 3 is 3.07 bits per heavy atom. The van der Waals surface area contributed by atoms with Crippen LogP contribution < -0.4 is 5.73 Å². The Kier molecular flexibility index (Phi) is 3.96. The lowest BCUT2D eigenvalue weighted by atomic mass is 10.4. The first kappa shape index (κ1) is 10.6. The van der Waals surface area contributed by atoms with Crippen molar-refractivity contribution in [1.29, 1.82) is 0 Å². The van der Waals surface area contributed by atoms with E-state index < -0.39 is 6.03 Å². The van der Waals surface area contributed by atoms with Gasteiger partial charge < -0.3 is 14.9 Å². The molecule has 1 aromatic rings. The van der Waals surface area contributed by atoms with Crippen molar-refractivity contribution < 1.29 is 19.2 Å². The van der Waals surface area contributed by atoms with E-state index >= 15 is 0 Å². The van der Waals surface area contributed by atoms with Crippen molar-refractivity contribution in [3.8, 4) is 0 Å². The molecular weight excluding hydrogens is 188 g/mol. The first-order valence-electron chi connectivity index (χ1n) is 4.05. The highest BCUT2D eigenvalue weighted by molar-refractivity contribution is 5.70. The Hall–Kier alpha value is -1.53. The smallest absolute Gasteiger partial charge is 0.338 e. The second kappa shape index (κ2) is 5.25. The Morgan fingerprint density at radius 2 is 2.50 bits per heavy atom. The Balaban J connectivity index is 2.08. The van der Waals surface area contributed by atoms with Gasteiger partial charge in [0.25, 0.3) is 0 Å². The fourth-order valence-electron chi connectivity index (χ4n) is 0.826. The van der Waals surface area contributed by atoms with E-state index in [1.807, 2.05) is 0 Å². The van der Waals surface area contributed by atoms with Crippen LogP contribution in [0.25, 0.3) is 0 Å². The van der Waals surface area contributed by atoms with E-state index in [1.54, 1.807) is 18.6 Å². The predicted molar refractivity (Wildman–Crippen MR) is 46.4 cm³/mol. The van der Waals surface area contributed by atoms with Gasteiger partial charge in [-0.15, -0.1) is 0 Å². The first-order valence-corrected chi connectivity index (χ1v) is 4.05. The molecule has 0 aliphatic rings. The monoisotopic (exact) mass is 200 g/mol. The van der Waals surface area contributed by atoms with E-state index in [0.717, 1.165) is 5.56 Å². The minimum absolute atomic E-state index is 0.0488. The Labute approximate surface area is 80.8 Å². The van der Waals surface area contributed by atoms with Gasteiger partial charge >= 0.3 is 6.03 Å². The summed E-state index contributed by atoms with van der Waals surface area (Å²) in [5.41, 5.74) is 5.68. The lowest BCUT2D eigenvalue weighted by Crippen LogP contribution is -2.35. The second-order valence-corrected chi connectivity index (χ2v) is 2.65. The molecule has 1 heterocycles. The van der Waals surface area contributed by atoms with Crippen LogP contribution in [0.5, 0.6) is 0 Å². The zero-order valence-corrected chi connectivity index (χ0v) is 7.55. The minimum atomic E-state index is -0.892. The molecule has 0 unspecified atom stereocenters. The number of hydrogen-bond acceptors (Lipinski definition) is 4. The zero-order valence-electron chi connectivity index (χ0n) is 7.55. The van der Waals surface area contributed by atoms with Crippen molar-refractivity contribution in [1.82, 2.24) is 5.06 Å². The third-order valence-electron chi connectivity index (χ3n) is 1.55. The molecule has 0 saturated carbocycles. The lowest BCUT2D eigenvalue weighted by Gasteiger charge is -2.11. The normalized spacial score (nSPS) is 10.1. The minimum Gasteiger partial charge on any atom is -0.472 e. The molecule has 1 rings (SSSR count). The Morgan fingerprint density at radius 1 is 1.71 bits per heavy atom. The summed E-state index contributed by atoms with van der Waals surface area (Å²) in [6.07, 6.45) is 3.10. The molecule has 0 spiro atoms. The third-order valence-corrected chi connectivity index (χ3v) is 1.55. The highest BCUT2D eigenvalue weighted by atomic mass is 16.5. The van der Waals surface area contributed by atoms with Gasteiger partial charge in [-0.3, -0.25) is 5.21 Å². The number of amides is 2. The van der Waals surface area contributed by atoms with Crippen LogP contribution in [0.4, 0.5) is 4.79 Å². The molecule has 1 aromatic heterocycles. The number of carbonyl (C=O) groups is 1. The molecule has 0 aliphatic heterocycles. The maximum atomic E-state index is 10.3. The summed E-state index contributed by atoms with van der Waals surface area (Å²) < 4.78 is 9.95. The number of hydroxylamine groups is 2. The molecule has 0 saturated heterocycles. The van der Waals surface area contributed by atoms with E-state index in [1.165, 1.54) is 0 Å². The van der Waals surface area contributed by atoms with Gasteiger partial charge in [0, 0.05) is 5.56 Å². The van der Waals surface area contributed by atoms with Gasteiger partial charge in [-0.05, 0) is 6.07 Å². The molecule has 78 valence electrons. The van der Waals surface area contributed by atoms with Crippen molar-refractivity contribution in [2.75, 3.05) is 13.2 Å². The summed E-state index contributed by atoms with van der Waals surface area (Å²) in [6.45, 7) is 0.640. The van der Waals surface area contributed by atoms with Crippen molar-refractivity contribution >= 4 is 6.03 Å². The highest BCUT2D eigenvalue weighted by Gasteiger charge is 2.04. The van der Waals surface area contributed by atoms with E-state index in [9.17, 15) is 4.79 Å². The molecule has 3 N–H and O–H groups in total. The SMILES string of the molecule is NC(=O)N(O)CCOCc1ccoc1. The summed E-state index contributed by atoms with van der Waals surface area (Å²) in [5, 5.41) is 9.24. The number of urea groups is 1. The fourth-order valence-corrected chi connectivity index (χ4v) is 0.826. The largest absolute Gasteiger partial charge is 0.472 e. The van der Waals surface area contributed by atoms with Crippen LogP contribution in [-0.4, -0.2) is 29.5 Å². The van der Waals surface area contributed by atoms with Gasteiger partial charge in [-0.1, -0.05) is 0 Å². The maximum Gasteiger partial charge on any atom is 0.338 e. The van der Waals surface area contributed by atoms with Crippen LogP contribution in [0.15, 0.2) is 23.0 Å². The van der Waals surface area contributed by atoms with E-state index in [-0.39, 0.29) is 13.2 Å². The molecule has 6 nitrogen and oxygen atoms in total. The molecule has 0 radical (unpaired) electrons. The quantitative estimate of drug-likeness (QED) is 0.413. The average molecular weight is 200 g/mol. The topological polar surface area (TPSA) is 88.9 Å². The third kappa shape index (κ3) is 3.46. The molecule has 0 bridgehead atoms. The number of hydrogen-bond donors (Lipinski definition) is 2. The van der Waals surface area contributed by atoms with E-state index in [2.05, 4.69) is 0 Å². The molecule has 0 aromatic carbocycles. The summed E-state index contributed by atoms with van der Waals surface area (Å²) in [7, 11) is 0. The zero-order chi connectivity index (χ0) is 10.4. The van der Waals surface area contributed by atoms with Crippen LogP contribution in [0.1, 0.15) is 5.56 Å². The molecule has 0 fully saturated rings. The van der Waals surface area contributed by atoms with Crippen molar-refractivity contribution in [2.24, 2.45) is 5.73 Å². The number of furan rings is 1. The van der Waals surface area contributed by atoms with Crippen LogP contribution in [0.2, 0.25) is 0 Å². The molecule has 0 atom stereocenters. The highest BCUT2D eigenvalue weighted by Crippen LogP contribution is 2.01. The number of primary amides is 1. The van der Waals surface area contributed by atoms with Gasteiger partial charge in [-0.2, -0.15) is 0 Å². The summed E-state index contributed by atoms with van der Waals surface area (Å²) in [4.78, 5) is 10.3. The maximum absolute atomic E-state index is 10.3. The molecule has 6 heteroatoms. The Bertz CT molecular complexity index is 273. The van der Waals surface area contributed by atoms with Crippen LogP contribution in [0.3, 0.4) is 0 Å². The van der Waals surface area contributed by atoms with Crippen molar-refractivity contribution in [2.45, 2.75) is 6.61 Å². The summed E-state index contributed by atoms with van der Waals surface area (Å²) >= 11 is 0. The number of nitrogens with zero attached hydrogens (tertiary/aromatic N) is 1. The molecule has 2 amide bonds. The van der Waals surface area contributed by atoms with Crippen molar-refractivity contribution in [3.05, 3.63) is 24.2 Å². The number of nitrogens with two attached hydrogens (primary N) is 1. The fraction of sp³-hybridized carbons (Fsp3) is 0.375. The van der Waals surface area contributed by atoms with E-state index in [0.29, 0.717) is 11.7 Å². The standard InChI is InChI=1S/C8H12N2O4/c9-8(11)10(12)2-4-14-6-7-1-3-13-5-7/h1,3,5,12H,2,4,6H2,(H2,9,11). The van der Waals surface area contributed by atoms with Crippen LogP contribution >= 0.6 is 0 Å². The van der Waals surface area contributed by atoms with Crippen molar-refractivity contribution in [3.63, 3.8) is 0 Å². The van der Waals surface area contributed by atoms with Gasteiger partial charge in [0.05, 0.1) is 32.3 Å². The molecule has 14 heavy (non-hydrogen) atoms. The first-order chi connectivity index (χ1) is 6.70. The van der Waals surface area contributed by atoms with Crippen LogP contribution in [-0.2, 0) is 11.3 Å². The number of carbonyl (C=O) groups excluding carboxylic acids is 1. The molecule has 0 aliphatic carbocycles. The predicted octanol–water partition coefficient (Wildman–Crippen LogP) is 0.566. The van der Waals surface area contributed by atoms with Gasteiger partial charge in [0.2, 0.25) is 0 Å².